The summed E-state index contributed by atoms with van der Waals surface area (Å²) < 4.78 is 18.0. The average Bonchev–Trinajstić information content (AvgIpc) is 2.97. The van der Waals surface area contributed by atoms with E-state index >= 15 is 0 Å². The van der Waals surface area contributed by atoms with Crippen molar-refractivity contribution in [3.05, 3.63) is 35.6 Å². The molecule has 0 radical (unpaired) electrons. The number of nitrogens with one attached hydrogen (secondary N) is 1. The van der Waals surface area contributed by atoms with Gasteiger partial charge in [0.1, 0.15) is 11.4 Å². The van der Waals surface area contributed by atoms with Crippen molar-refractivity contribution in [2.45, 2.75) is 18.5 Å². The molecule has 0 bridgehead atoms. The van der Waals surface area contributed by atoms with Gasteiger partial charge in [0.2, 0.25) is 11.8 Å². The summed E-state index contributed by atoms with van der Waals surface area (Å²) in [4.78, 5) is 38.2. The molecule has 0 aliphatic carbocycles. The molecule has 6 nitrogen and oxygen atoms in total. The van der Waals surface area contributed by atoms with Gasteiger partial charge in [0, 0.05) is 13.1 Å². The summed E-state index contributed by atoms with van der Waals surface area (Å²) in [5.74, 6) is -3.33. The minimum absolute atomic E-state index is 0.352. The van der Waals surface area contributed by atoms with Crippen LogP contribution >= 0.6 is 0 Å². The van der Waals surface area contributed by atoms with Gasteiger partial charge in [-0.1, -0.05) is 12.1 Å². The van der Waals surface area contributed by atoms with E-state index in [9.17, 15) is 18.8 Å². The smallest absolute Gasteiger partial charge is 0.326 e. The first kappa shape index (κ1) is 15.6. The maximum Gasteiger partial charge on any atom is 0.326 e. The van der Waals surface area contributed by atoms with Crippen molar-refractivity contribution in [2.24, 2.45) is 11.8 Å². The zero-order valence-electron chi connectivity index (χ0n) is 13.0. The van der Waals surface area contributed by atoms with E-state index < -0.39 is 41.1 Å². The van der Waals surface area contributed by atoms with E-state index in [1.54, 1.807) is 19.1 Å². The summed E-state index contributed by atoms with van der Waals surface area (Å²) in [7, 11) is 2.64. The molecule has 7 heteroatoms. The first-order valence-corrected chi connectivity index (χ1v) is 7.24. The number of halogens is 1. The third-order valence-corrected chi connectivity index (χ3v) is 4.85. The summed E-state index contributed by atoms with van der Waals surface area (Å²) in [6.45, 7) is 1.56. The Kier molecular flexibility index (Phi) is 3.48. The fourth-order valence-corrected chi connectivity index (χ4v) is 3.64. The van der Waals surface area contributed by atoms with Crippen molar-refractivity contribution >= 4 is 17.8 Å². The van der Waals surface area contributed by atoms with Crippen LogP contribution in [0.25, 0.3) is 0 Å². The normalized spacial score (nSPS) is 33.0. The van der Waals surface area contributed by atoms with Crippen LogP contribution in [0.1, 0.15) is 18.5 Å². The fraction of sp³-hybridized carbons (Fsp3) is 0.438. The number of carbonyl (C=O) groups excluding carboxylic acids is 3. The second kappa shape index (κ2) is 5.13. The number of benzene rings is 1. The minimum atomic E-state index is -1.31. The largest absolute Gasteiger partial charge is 0.468 e. The lowest BCUT2D eigenvalue weighted by Crippen LogP contribution is -2.53. The van der Waals surface area contributed by atoms with Crippen molar-refractivity contribution in [3.8, 4) is 0 Å². The van der Waals surface area contributed by atoms with E-state index in [2.05, 4.69) is 5.32 Å². The third kappa shape index (κ3) is 2.07. The van der Waals surface area contributed by atoms with Gasteiger partial charge in [-0.05, 0) is 24.6 Å². The molecule has 122 valence electrons. The number of ether oxygens (including phenoxy) is 1. The molecule has 2 saturated heterocycles. The highest BCUT2D eigenvalue weighted by molar-refractivity contribution is 6.09. The van der Waals surface area contributed by atoms with Crippen molar-refractivity contribution in [2.75, 3.05) is 14.2 Å². The lowest BCUT2D eigenvalue weighted by Gasteiger charge is -2.27. The molecule has 2 aliphatic heterocycles. The van der Waals surface area contributed by atoms with E-state index in [1.807, 2.05) is 0 Å². The number of fused-ring (bicyclic) bond motifs is 1. The minimum Gasteiger partial charge on any atom is -0.468 e. The number of esters is 1. The number of imide groups is 1. The van der Waals surface area contributed by atoms with E-state index in [0.29, 0.717) is 5.56 Å². The Morgan fingerprint density at radius 3 is 2.43 bits per heavy atom. The van der Waals surface area contributed by atoms with Crippen LogP contribution in [-0.2, 0) is 19.1 Å². The predicted molar refractivity (Wildman–Crippen MR) is 77.5 cm³/mol. The number of methoxy groups -OCH3 is 1. The van der Waals surface area contributed by atoms with Crippen LogP contribution in [0.15, 0.2) is 24.3 Å². The molecular formula is C16H17FN2O4. The Balaban J connectivity index is 2.09. The summed E-state index contributed by atoms with van der Waals surface area (Å²) in [6.07, 6.45) is 0. The summed E-state index contributed by atoms with van der Waals surface area (Å²) >= 11 is 0. The van der Waals surface area contributed by atoms with Crippen LogP contribution in [0.5, 0.6) is 0 Å². The lowest BCUT2D eigenvalue weighted by molar-refractivity contribution is -0.152. The molecular weight excluding hydrogens is 303 g/mol. The number of amides is 2. The Hall–Kier alpha value is -2.28. The summed E-state index contributed by atoms with van der Waals surface area (Å²) in [5.41, 5.74) is -0.666. The number of likely N-dealkylation sites (tertiary alicyclic amines) is 1. The molecule has 1 aromatic rings. The molecule has 0 aromatic heterocycles. The Bertz CT molecular complexity index is 690. The molecule has 2 heterocycles. The first-order valence-electron chi connectivity index (χ1n) is 7.24. The molecule has 2 fully saturated rings. The van der Waals surface area contributed by atoms with Gasteiger partial charge in [0.05, 0.1) is 18.9 Å². The molecule has 0 spiro atoms. The van der Waals surface area contributed by atoms with Crippen LogP contribution in [-0.4, -0.2) is 42.4 Å². The van der Waals surface area contributed by atoms with Crippen LogP contribution in [0.4, 0.5) is 4.39 Å². The highest BCUT2D eigenvalue weighted by atomic mass is 19.1. The predicted octanol–water partition coefficient (Wildman–Crippen LogP) is 0.633. The molecule has 0 unspecified atom stereocenters. The van der Waals surface area contributed by atoms with Gasteiger partial charge in [0.15, 0.2) is 0 Å². The van der Waals surface area contributed by atoms with E-state index in [1.165, 1.54) is 26.3 Å². The highest BCUT2D eigenvalue weighted by Crippen LogP contribution is 2.48. The highest BCUT2D eigenvalue weighted by Gasteiger charge is 2.66. The molecule has 2 amide bonds. The maximum absolute atomic E-state index is 13.2. The molecule has 0 saturated carbocycles. The molecule has 1 aromatic carbocycles. The number of hydrogen-bond acceptors (Lipinski definition) is 5. The van der Waals surface area contributed by atoms with Gasteiger partial charge in [-0.2, -0.15) is 0 Å². The number of nitrogens with zero attached hydrogens (tertiary/aromatic N) is 1. The molecule has 4 atom stereocenters. The van der Waals surface area contributed by atoms with Gasteiger partial charge < -0.3 is 4.74 Å². The Morgan fingerprint density at radius 2 is 1.87 bits per heavy atom. The second-order valence-corrected chi connectivity index (χ2v) is 6.11. The van der Waals surface area contributed by atoms with Crippen molar-refractivity contribution in [1.29, 1.82) is 0 Å². The van der Waals surface area contributed by atoms with Crippen LogP contribution in [0.2, 0.25) is 0 Å². The number of carbonyl (C=O) groups is 3. The van der Waals surface area contributed by atoms with Crippen molar-refractivity contribution in [1.82, 2.24) is 10.2 Å². The van der Waals surface area contributed by atoms with Crippen molar-refractivity contribution in [3.63, 3.8) is 0 Å². The van der Waals surface area contributed by atoms with Gasteiger partial charge in [-0.3, -0.25) is 24.6 Å². The van der Waals surface area contributed by atoms with E-state index in [0.717, 1.165) is 4.90 Å². The van der Waals surface area contributed by atoms with Crippen LogP contribution < -0.4 is 5.32 Å². The fourth-order valence-electron chi connectivity index (χ4n) is 3.64. The molecule has 1 N–H and O–H groups in total. The van der Waals surface area contributed by atoms with Gasteiger partial charge >= 0.3 is 5.97 Å². The zero-order chi connectivity index (χ0) is 16.9. The number of hydrogen-bond donors (Lipinski definition) is 1. The molecule has 3 rings (SSSR count). The Labute approximate surface area is 132 Å². The van der Waals surface area contributed by atoms with E-state index in [-0.39, 0.29) is 5.91 Å². The quantitative estimate of drug-likeness (QED) is 0.639. The maximum atomic E-state index is 13.2. The van der Waals surface area contributed by atoms with Crippen molar-refractivity contribution < 1.29 is 23.5 Å². The lowest BCUT2D eigenvalue weighted by atomic mass is 9.80. The molecule has 23 heavy (non-hydrogen) atoms. The van der Waals surface area contributed by atoms with Gasteiger partial charge in [0.25, 0.3) is 0 Å². The molecule has 2 aliphatic rings. The number of rotatable bonds is 2. The SMILES string of the molecule is COC(=O)[C@]1(C)N[C@H](c2ccc(F)cc2)[C@@H]2C(=O)N(C)C(=O)[C@@H]21. The standard InChI is InChI=1S/C16H17FN2O4/c1-16(15(22)23-3)11-10(13(20)19(2)14(11)21)12(18-16)8-4-6-9(17)7-5-8/h4-7,10-12,18H,1-3H3/t10-,11-,12-,16-/m1/s1. The first-order chi connectivity index (χ1) is 10.8. The van der Waals surface area contributed by atoms with Gasteiger partial charge in [-0.15, -0.1) is 0 Å². The monoisotopic (exact) mass is 320 g/mol. The summed E-state index contributed by atoms with van der Waals surface area (Å²) in [6, 6.07) is 5.09. The van der Waals surface area contributed by atoms with Crippen LogP contribution in [0, 0.1) is 17.7 Å². The van der Waals surface area contributed by atoms with E-state index in [4.69, 9.17) is 4.74 Å². The average molecular weight is 320 g/mol. The second-order valence-electron chi connectivity index (χ2n) is 6.11. The Morgan fingerprint density at radius 1 is 1.26 bits per heavy atom. The zero-order valence-corrected chi connectivity index (χ0v) is 13.0. The third-order valence-electron chi connectivity index (χ3n) is 4.85. The van der Waals surface area contributed by atoms with Crippen LogP contribution in [0.3, 0.4) is 0 Å². The topological polar surface area (TPSA) is 75.7 Å². The summed E-state index contributed by atoms with van der Waals surface area (Å²) in [5, 5.41) is 3.07. The van der Waals surface area contributed by atoms with Gasteiger partial charge in [-0.25, -0.2) is 4.39 Å².